The molecule has 0 aromatic rings. The van der Waals surface area contributed by atoms with E-state index in [0.29, 0.717) is 24.5 Å². The van der Waals surface area contributed by atoms with Crippen LogP contribution in [0.1, 0.15) is 6.92 Å². The summed E-state index contributed by atoms with van der Waals surface area (Å²) in [5, 5.41) is 2.48. The van der Waals surface area contributed by atoms with Crippen molar-refractivity contribution in [1.82, 2.24) is 5.32 Å². The Morgan fingerprint density at radius 2 is 2.19 bits per heavy atom. The highest BCUT2D eigenvalue weighted by molar-refractivity contribution is 5.97. The molecule has 0 aromatic carbocycles. The molecule has 0 heterocycles. The summed E-state index contributed by atoms with van der Waals surface area (Å²) in [6.07, 6.45) is 2.81. The van der Waals surface area contributed by atoms with Crippen LogP contribution >= 0.6 is 0 Å². The minimum absolute atomic E-state index is 0.263. The number of carbonyl (C=O) groups excluding carboxylic acids is 1. The first-order valence-corrected chi connectivity index (χ1v) is 4.97. The lowest BCUT2D eigenvalue weighted by atomic mass is 10.1. The smallest absolute Gasteiger partial charge is 0.256 e. The number of nitrogens with one attached hydrogen (secondary N) is 1. The predicted molar refractivity (Wildman–Crippen MR) is 64.2 cm³/mol. The van der Waals surface area contributed by atoms with E-state index in [1.54, 1.807) is 6.08 Å². The molecule has 0 aliphatic carbocycles. The Bertz CT molecular complexity index is 319. The molecule has 0 saturated carbocycles. The molecule has 0 aromatic heterocycles. The quantitative estimate of drug-likeness (QED) is 0.337. The van der Waals surface area contributed by atoms with Gasteiger partial charge in [-0.2, -0.15) is 0 Å². The van der Waals surface area contributed by atoms with Crippen molar-refractivity contribution in [3.05, 3.63) is 35.8 Å². The number of carbonyl (C=O) groups is 1. The molecule has 5 heteroatoms. The third-order valence-electron chi connectivity index (χ3n) is 1.80. The standard InChI is InChI=1S/C11H19N3O2/c1-4-16-10(5-8(2)6-12)9(7-13)11(15)14-3/h5,7H,2,4,6,12-13H2,1,3H3,(H,14,15)/b9-7+,10-5+. The fourth-order valence-corrected chi connectivity index (χ4v) is 1.00. The molecule has 0 fully saturated rings. The van der Waals surface area contributed by atoms with E-state index in [0.717, 1.165) is 0 Å². The van der Waals surface area contributed by atoms with Gasteiger partial charge in [0, 0.05) is 19.8 Å². The number of likely N-dealkylation sites (N-methyl/N-ethyl adjacent to an activating group) is 1. The van der Waals surface area contributed by atoms with Gasteiger partial charge >= 0.3 is 0 Å². The summed E-state index contributed by atoms with van der Waals surface area (Å²) in [6.45, 7) is 6.25. The summed E-state index contributed by atoms with van der Waals surface area (Å²) in [5.74, 6) is 0.0619. The highest BCUT2D eigenvalue weighted by Crippen LogP contribution is 2.13. The number of rotatable bonds is 6. The van der Waals surface area contributed by atoms with Gasteiger partial charge < -0.3 is 21.5 Å². The van der Waals surface area contributed by atoms with Crippen molar-refractivity contribution in [2.24, 2.45) is 11.5 Å². The summed E-state index contributed by atoms with van der Waals surface area (Å²) in [6, 6.07) is 0. The summed E-state index contributed by atoms with van der Waals surface area (Å²) >= 11 is 0. The number of hydrogen-bond acceptors (Lipinski definition) is 4. The number of nitrogens with two attached hydrogens (primary N) is 2. The van der Waals surface area contributed by atoms with Crippen molar-refractivity contribution < 1.29 is 9.53 Å². The zero-order chi connectivity index (χ0) is 12.6. The Morgan fingerprint density at radius 3 is 2.56 bits per heavy atom. The minimum Gasteiger partial charge on any atom is -0.493 e. The Balaban J connectivity index is 5.10. The monoisotopic (exact) mass is 225 g/mol. The average Bonchev–Trinajstić information content (AvgIpc) is 2.29. The fourth-order valence-electron chi connectivity index (χ4n) is 1.00. The summed E-state index contributed by atoms with van der Waals surface area (Å²) < 4.78 is 5.33. The van der Waals surface area contributed by atoms with E-state index in [9.17, 15) is 4.79 Å². The van der Waals surface area contributed by atoms with Gasteiger partial charge in [-0.05, 0) is 18.6 Å². The van der Waals surface area contributed by atoms with Crippen LogP contribution in [0.4, 0.5) is 0 Å². The molecule has 0 rings (SSSR count). The maximum atomic E-state index is 11.5. The van der Waals surface area contributed by atoms with Gasteiger partial charge in [0.05, 0.1) is 12.2 Å². The van der Waals surface area contributed by atoms with E-state index in [2.05, 4.69) is 11.9 Å². The van der Waals surface area contributed by atoms with Crippen LogP contribution in [0, 0.1) is 0 Å². The summed E-state index contributed by atoms with van der Waals surface area (Å²) in [7, 11) is 1.52. The largest absolute Gasteiger partial charge is 0.493 e. The molecule has 5 N–H and O–H groups in total. The van der Waals surface area contributed by atoms with Crippen LogP contribution in [0.2, 0.25) is 0 Å². The van der Waals surface area contributed by atoms with Crippen LogP contribution in [0.15, 0.2) is 35.8 Å². The van der Waals surface area contributed by atoms with Crippen molar-refractivity contribution in [2.45, 2.75) is 6.92 Å². The van der Waals surface area contributed by atoms with Gasteiger partial charge in [-0.15, -0.1) is 0 Å². The highest BCUT2D eigenvalue weighted by atomic mass is 16.5. The second-order valence-electron chi connectivity index (χ2n) is 2.96. The van der Waals surface area contributed by atoms with Gasteiger partial charge in [-0.3, -0.25) is 4.79 Å². The van der Waals surface area contributed by atoms with Crippen LogP contribution in [-0.2, 0) is 9.53 Å². The average molecular weight is 225 g/mol. The van der Waals surface area contributed by atoms with Crippen LogP contribution < -0.4 is 16.8 Å². The molecular formula is C11H19N3O2. The lowest BCUT2D eigenvalue weighted by molar-refractivity contribution is -0.117. The van der Waals surface area contributed by atoms with Crippen molar-refractivity contribution in [3.8, 4) is 0 Å². The SMILES string of the molecule is C=C(/C=C(OCC)\C(=C/N)C(=O)NC)CN. The number of ether oxygens (including phenoxy) is 1. The van der Waals surface area contributed by atoms with E-state index < -0.39 is 0 Å². The summed E-state index contributed by atoms with van der Waals surface area (Å²) in [4.78, 5) is 11.5. The van der Waals surface area contributed by atoms with Crippen molar-refractivity contribution in [1.29, 1.82) is 0 Å². The lowest BCUT2D eigenvalue weighted by Gasteiger charge is -2.11. The van der Waals surface area contributed by atoms with Gasteiger partial charge in [-0.25, -0.2) is 0 Å². The van der Waals surface area contributed by atoms with E-state index >= 15 is 0 Å². The van der Waals surface area contributed by atoms with E-state index in [-0.39, 0.29) is 11.5 Å². The molecule has 90 valence electrons. The van der Waals surface area contributed by atoms with Gasteiger partial charge in [0.15, 0.2) is 0 Å². The number of amides is 1. The second kappa shape index (κ2) is 7.53. The molecule has 0 saturated heterocycles. The molecule has 1 amide bonds. The molecule has 0 spiro atoms. The molecule has 16 heavy (non-hydrogen) atoms. The van der Waals surface area contributed by atoms with Gasteiger partial charge in [-0.1, -0.05) is 6.58 Å². The molecule has 0 aliphatic rings. The normalized spacial score (nSPS) is 12.2. The predicted octanol–water partition coefficient (Wildman–Crippen LogP) is 0.0103. The molecule has 5 nitrogen and oxygen atoms in total. The number of hydrogen-bond donors (Lipinski definition) is 3. The molecule has 0 bridgehead atoms. The zero-order valence-corrected chi connectivity index (χ0v) is 9.75. The van der Waals surface area contributed by atoms with Gasteiger partial charge in [0.2, 0.25) is 0 Å². The molecular weight excluding hydrogens is 206 g/mol. The Hall–Kier alpha value is -1.75. The highest BCUT2D eigenvalue weighted by Gasteiger charge is 2.13. The minimum atomic E-state index is -0.313. The molecule has 0 atom stereocenters. The first-order valence-electron chi connectivity index (χ1n) is 4.97. The van der Waals surface area contributed by atoms with Crippen molar-refractivity contribution in [3.63, 3.8) is 0 Å². The Morgan fingerprint density at radius 1 is 1.56 bits per heavy atom. The maximum absolute atomic E-state index is 11.5. The van der Waals surface area contributed by atoms with Gasteiger partial charge in [0.1, 0.15) is 5.76 Å². The zero-order valence-electron chi connectivity index (χ0n) is 9.75. The van der Waals surface area contributed by atoms with Crippen molar-refractivity contribution >= 4 is 5.91 Å². The van der Waals surface area contributed by atoms with Crippen LogP contribution in [0.5, 0.6) is 0 Å². The van der Waals surface area contributed by atoms with E-state index in [1.165, 1.54) is 13.2 Å². The first kappa shape index (κ1) is 14.2. The fraction of sp³-hybridized carbons (Fsp3) is 0.364. The molecule has 0 radical (unpaired) electrons. The van der Waals surface area contributed by atoms with Crippen molar-refractivity contribution in [2.75, 3.05) is 20.2 Å². The first-order chi connectivity index (χ1) is 7.60. The van der Waals surface area contributed by atoms with E-state index in [1.807, 2.05) is 6.92 Å². The topological polar surface area (TPSA) is 90.4 Å². The molecule has 0 unspecified atom stereocenters. The Labute approximate surface area is 95.8 Å². The third-order valence-corrected chi connectivity index (χ3v) is 1.80. The second-order valence-corrected chi connectivity index (χ2v) is 2.96. The lowest BCUT2D eigenvalue weighted by Crippen LogP contribution is -2.23. The Kier molecular flexibility index (Phi) is 6.71. The summed E-state index contributed by atoms with van der Waals surface area (Å²) in [5.41, 5.74) is 11.7. The van der Waals surface area contributed by atoms with Gasteiger partial charge in [0.25, 0.3) is 5.91 Å². The van der Waals surface area contributed by atoms with E-state index in [4.69, 9.17) is 16.2 Å². The van der Waals surface area contributed by atoms with Crippen LogP contribution in [0.25, 0.3) is 0 Å². The molecule has 0 aliphatic heterocycles. The maximum Gasteiger partial charge on any atom is 0.256 e. The van der Waals surface area contributed by atoms with Crippen LogP contribution in [-0.4, -0.2) is 26.1 Å². The third kappa shape index (κ3) is 4.18. The van der Waals surface area contributed by atoms with Crippen LogP contribution in [0.3, 0.4) is 0 Å².